The lowest BCUT2D eigenvalue weighted by molar-refractivity contribution is -0.142. The van der Waals surface area contributed by atoms with Crippen molar-refractivity contribution < 1.29 is 9.53 Å². The van der Waals surface area contributed by atoms with Crippen LogP contribution in [0.2, 0.25) is 0 Å². The van der Waals surface area contributed by atoms with E-state index in [9.17, 15) is 4.79 Å². The molecule has 0 aromatic heterocycles. The van der Waals surface area contributed by atoms with E-state index in [4.69, 9.17) is 11.5 Å². The summed E-state index contributed by atoms with van der Waals surface area (Å²) in [6, 6.07) is -0.602. The number of carbonyl (C=O) groups is 1. The Morgan fingerprint density at radius 2 is 2.18 bits per heavy atom. The van der Waals surface area contributed by atoms with Gasteiger partial charge in [-0.05, 0) is 6.42 Å². The van der Waals surface area contributed by atoms with E-state index in [2.05, 4.69) is 27.3 Å². The number of nitrogens with two attached hydrogens (primary N) is 2. The summed E-state index contributed by atoms with van der Waals surface area (Å²) in [7, 11) is 1.32. The quantitative estimate of drug-likeness (QED) is 0.416. The van der Waals surface area contributed by atoms with E-state index < -0.39 is 12.0 Å². The fraction of sp³-hybridized carbons (Fsp3) is 0.833. The number of esters is 1. The van der Waals surface area contributed by atoms with Gasteiger partial charge in [-0.2, -0.15) is 0 Å². The van der Waals surface area contributed by atoms with Gasteiger partial charge in [0.1, 0.15) is 6.04 Å². The van der Waals surface area contributed by atoms with Crippen molar-refractivity contribution in [1.82, 2.24) is 0 Å². The number of rotatable bonds is 4. The topological polar surface area (TPSA) is 78.3 Å². The van der Waals surface area contributed by atoms with Crippen molar-refractivity contribution in [3.8, 4) is 0 Å². The molecule has 5 heteroatoms. The lowest BCUT2D eigenvalue weighted by Gasteiger charge is -2.12. The van der Waals surface area contributed by atoms with Gasteiger partial charge in [-0.25, -0.2) is 0 Å². The molecule has 0 rings (SSSR count). The average molecular weight is 272 g/mol. The number of alkyl halides is 1. The second-order valence-electron chi connectivity index (χ2n) is 2.28. The van der Waals surface area contributed by atoms with E-state index in [-0.39, 0.29) is 6.04 Å². The number of hydrogen-bond donors (Lipinski definition) is 2. The Morgan fingerprint density at radius 3 is 2.55 bits per heavy atom. The third-order valence-electron chi connectivity index (χ3n) is 1.26. The molecule has 0 aliphatic heterocycles. The summed E-state index contributed by atoms with van der Waals surface area (Å²) in [4.78, 5) is 10.8. The highest BCUT2D eigenvalue weighted by molar-refractivity contribution is 14.1. The van der Waals surface area contributed by atoms with E-state index in [1.807, 2.05) is 0 Å². The molecule has 0 radical (unpaired) electrons. The van der Waals surface area contributed by atoms with Gasteiger partial charge in [-0.3, -0.25) is 4.79 Å². The van der Waals surface area contributed by atoms with Crippen molar-refractivity contribution in [3.05, 3.63) is 0 Å². The summed E-state index contributed by atoms with van der Waals surface area (Å²) in [5.41, 5.74) is 11.0. The first-order valence-electron chi connectivity index (χ1n) is 3.26. The van der Waals surface area contributed by atoms with Gasteiger partial charge >= 0.3 is 5.97 Å². The molecular formula is C6H13IN2O2. The molecular weight excluding hydrogens is 259 g/mol. The van der Waals surface area contributed by atoms with Gasteiger partial charge in [0.2, 0.25) is 0 Å². The first-order valence-corrected chi connectivity index (χ1v) is 4.79. The van der Waals surface area contributed by atoms with Gasteiger partial charge in [-0.1, -0.05) is 22.6 Å². The van der Waals surface area contributed by atoms with E-state index in [0.717, 1.165) is 4.43 Å². The molecule has 0 aliphatic rings. The highest BCUT2D eigenvalue weighted by Gasteiger charge is 2.16. The summed E-state index contributed by atoms with van der Waals surface area (Å²) in [6.07, 6.45) is 0.482. The molecule has 2 unspecified atom stereocenters. The standard InChI is InChI=1S/C6H13IN2O2/c1-11-6(10)5(9)2-4(8)3-7/h4-5H,2-3,8-9H2,1H3. The molecule has 4 N–H and O–H groups in total. The lowest BCUT2D eigenvalue weighted by Crippen LogP contribution is -2.38. The Labute approximate surface area is 79.8 Å². The van der Waals surface area contributed by atoms with Gasteiger partial charge in [0.05, 0.1) is 7.11 Å². The van der Waals surface area contributed by atoms with Gasteiger partial charge in [0.25, 0.3) is 0 Å². The summed E-state index contributed by atoms with van der Waals surface area (Å²) >= 11 is 2.15. The molecule has 0 aliphatic carbocycles. The SMILES string of the molecule is COC(=O)C(N)CC(N)CI. The van der Waals surface area contributed by atoms with Crippen LogP contribution in [0.4, 0.5) is 0 Å². The van der Waals surface area contributed by atoms with Crippen LogP contribution >= 0.6 is 22.6 Å². The number of ether oxygens (including phenoxy) is 1. The Morgan fingerprint density at radius 1 is 1.64 bits per heavy atom. The van der Waals surface area contributed by atoms with Crippen LogP contribution in [0.5, 0.6) is 0 Å². The summed E-state index contributed by atoms with van der Waals surface area (Å²) in [5, 5.41) is 0. The predicted octanol–water partition coefficient (Wildman–Crippen LogP) is -0.361. The van der Waals surface area contributed by atoms with E-state index in [0.29, 0.717) is 6.42 Å². The number of carbonyl (C=O) groups excluding carboxylic acids is 1. The van der Waals surface area contributed by atoms with Crippen LogP contribution in [0, 0.1) is 0 Å². The van der Waals surface area contributed by atoms with Gasteiger partial charge < -0.3 is 16.2 Å². The van der Waals surface area contributed by atoms with Gasteiger partial charge in [-0.15, -0.1) is 0 Å². The van der Waals surface area contributed by atoms with Crippen LogP contribution in [-0.2, 0) is 9.53 Å². The van der Waals surface area contributed by atoms with Crippen molar-refractivity contribution in [1.29, 1.82) is 0 Å². The van der Waals surface area contributed by atoms with Crippen molar-refractivity contribution in [2.45, 2.75) is 18.5 Å². The van der Waals surface area contributed by atoms with Crippen molar-refractivity contribution in [2.75, 3.05) is 11.5 Å². The molecule has 66 valence electrons. The third kappa shape index (κ3) is 4.54. The fourth-order valence-electron chi connectivity index (χ4n) is 0.637. The first-order chi connectivity index (χ1) is 5.11. The average Bonchev–Trinajstić information content (AvgIpc) is 2.02. The molecule has 0 saturated carbocycles. The van der Waals surface area contributed by atoms with Crippen LogP contribution in [0.1, 0.15) is 6.42 Å². The molecule has 0 fully saturated rings. The maximum atomic E-state index is 10.8. The molecule has 0 amide bonds. The molecule has 0 aromatic carbocycles. The lowest BCUT2D eigenvalue weighted by atomic mass is 10.1. The fourth-order valence-corrected chi connectivity index (χ4v) is 0.996. The summed E-state index contributed by atoms with van der Waals surface area (Å²) < 4.78 is 5.23. The minimum absolute atomic E-state index is 0.0234. The highest BCUT2D eigenvalue weighted by atomic mass is 127. The molecule has 0 aromatic rings. The van der Waals surface area contributed by atoms with Crippen LogP contribution in [-0.4, -0.2) is 29.6 Å². The summed E-state index contributed by atoms with van der Waals surface area (Å²) in [6.45, 7) is 0. The zero-order valence-electron chi connectivity index (χ0n) is 6.42. The Hall–Kier alpha value is 0.120. The minimum atomic E-state index is -0.579. The van der Waals surface area contributed by atoms with Gasteiger partial charge in [0, 0.05) is 10.5 Å². The van der Waals surface area contributed by atoms with Crippen LogP contribution < -0.4 is 11.5 Å². The maximum absolute atomic E-state index is 10.8. The Kier molecular flexibility index (Phi) is 5.79. The minimum Gasteiger partial charge on any atom is -0.468 e. The second kappa shape index (κ2) is 5.73. The van der Waals surface area contributed by atoms with E-state index in [1.165, 1.54) is 7.11 Å². The molecule has 0 saturated heterocycles. The first kappa shape index (κ1) is 11.1. The van der Waals surface area contributed by atoms with Crippen LogP contribution in [0.3, 0.4) is 0 Å². The zero-order valence-corrected chi connectivity index (χ0v) is 8.58. The molecule has 4 nitrogen and oxygen atoms in total. The van der Waals surface area contributed by atoms with Crippen LogP contribution in [0.25, 0.3) is 0 Å². The largest absolute Gasteiger partial charge is 0.468 e. The smallest absolute Gasteiger partial charge is 0.322 e. The number of hydrogen-bond acceptors (Lipinski definition) is 4. The van der Waals surface area contributed by atoms with E-state index >= 15 is 0 Å². The van der Waals surface area contributed by atoms with Crippen molar-refractivity contribution in [2.24, 2.45) is 11.5 Å². The second-order valence-corrected chi connectivity index (χ2v) is 3.16. The molecule has 0 spiro atoms. The number of halogens is 1. The molecule has 0 heterocycles. The maximum Gasteiger partial charge on any atom is 0.322 e. The van der Waals surface area contributed by atoms with E-state index in [1.54, 1.807) is 0 Å². The molecule has 2 atom stereocenters. The number of methoxy groups -OCH3 is 1. The van der Waals surface area contributed by atoms with Crippen LogP contribution in [0.15, 0.2) is 0 Å². The van der Waals surface area contributed by atoms with Crippen molar-refractivity contribution >= 4 is 28.6 Å². The predicted molar refractivity (Wildman–Crippen MR) is 51.5 cm³/mol. The third-order valence-corrected chi connectivity index (χ3v) is 2.39. The van der Waals surface area contributed by atoms with Gasteiger partial charge in [0.15, 0.2) is 0 Å². The molecule has 11 heavy (non-hydrogen) atoms. The normalized spacial score (nSPS) is 15.6. The summed E-state index contributed by atoms with van der Waals surface area (Å²) in [5.74, 6) is -0.398. The molecule has 0 bridgehead atoms. The highest BCUT2D eigenvalue weighted by Crippen LogP contribution is 1.98. The Bertz CT molecular complexity index is 132. The zero-order chi connectivity index (χ0) is 8.85. The Balaban J connectivity index is 3.67. The van der Waals surface area contributed by atoms with Crippen molar-refractivity contribution in [3.63, 3.8) is 0 Å². The monoisotopic (exact) mass is 272 g/mol.